The summed E-state index contributed by atoms with van der Waals surface area (Å²) in [6.07, 6.45) is 3.66. The lowest BCUT2D eigenvalue weighted by Gasteiger charge is -2.29. The molecule has 0 bridgehead atoms. The van der Waals surface area contributed by atoms with Crippen molar-refractivity contribution in [1.82, 2.24) is 9.88 Å². The molecular formula is C30H27N3O2S. The molecule has 0 spiro atoms. The number of thiocarbonyl (C=S) groups is 1. The number of hydrogen-bond donors (Lipinski definition) is 1. The highest BCUT2D eigenvalue weighted by Gasteiger charge is 2.34. The highest BCUT2D eigenvalue weighted by molar-refractivity contribution is 7.80. The molecule has 0 atom stereocenters. The van der Waals surface area contributed by atoms with E-state index in [0.717, 1.165) is 22.0 Å². The second-order valence-corrected chi connectivity index (χ2v) is 9.81. The monoisotopic (exact) mass is 493 g/mol. The predicted molar refractivity (Wildman–Crippen MR) is 149 cm³/mol. The van der Waals surface area contributed by atoms with Crippen LogP contribution in [0.25, 0.3) is 17.0 Å². The van der Waals surface area contributed by atoms with Crippen molar-refractivity contribution in [3.05, 3.63) is 107 Å². The second-order valence-electron chi connectivity index (χ2n) is 9.42. The maximum absolute atomic E-state index is 13.5. The van der Waals surface area contributed by atoms with Gasteiger partial charge in [0.15, 0.2) is 5.11 Å². The Morgan fingerprint density at radius 2 is 1.64 bits per heavy atom. The first-order chi connectivity index (χ1) is 17.3. The number of aromatic nitrogens is 1. The number of para-hydroxylation sites is 1. The van der Waals surface area contributed by atoms with Crippen LogP contribution in [0.4, 0.5) is 5.69 Å². The molecule has 2 heterocycles. The van der Waals surface area contributed by atoms with Crippen molar-refractivity contribution in [2.45, 2.75) is 33.2 Å². The fourth-order valence-corrected chi connectivity index (χ4v) is 4.75. The number of amides is 2. The third kappa shape index (κ3) is 4.48. The molecule has 1 fully saturated rings. The SMILES string of the molecule is Cc1ccc(Cn2cc(/C=C3\C(=O)NC(=S)N(c4ccc(C(C)C)cc4)C3=O)c3ccccc32)cc1. The van der Waals surface area contributed by atoms with Crippen LogP contribution in [0.5, 0.6) is 0 Å². The highest BCUT2D eigenvalue weighted by Crippen LogP contribution is 2.28. The van der Waals surface area contributed by atoms with Crippen molar-refractivity contribution in [2.75, 3.05) is 4.90 Å². The molecule has 36 heavy (non-hydrogen) atoms. The Morgan fingerprint density at radius 3 is 2.33 bits per heavy atom. The van der Waals surface area contributed by atoms with Gasteiger partial charge in [0, 0.05) is 29.2 Å². The summed E-state index contributed by atoms with van der Waals surface area (Å²) in [5, 5.41) is 3.74. The molecule has 2 amide bonds. The molecule has 4 aromatic rings. The summed E-state index contributed by atoms with van der Waals surface area (Å²) in [5.74, 6) is -0.553. The van der Waals surface area contributed by atoms with E-state index in [2.05, 4.69) is 54.9 Å². The maximum Gasteiger partial charge on any atom is 0.270 e. The Bertz CT molecular complexity index is 1510. The molecule has 0 aliphatic carbocycles. The summed E-state index contributed by atoms with van der Waals surface area (Å²) in [7, 11) is 0. The van der Waals surface area contributed by atoms with Crippen molar-refractivity contribution >= 4 is 51.8 Å². The van der Waals surface area contributed by atoms with Gasteiger partial charge >= 0.3 is 0 Å². The van der Waals surface area contributed by atoms with Gasteiger partial charge in [-0.25, -0.2) is 0 Å². The van der Waals surface area contributed by atoms with Gasteiger partial charge in [0.2, 0.25) is 0 Å². The molecule has 6 heteroatoms. The lowest BCUT2D eigenvalue weighted by Crippen LogP contribution is -2.54. The zero-order chi connectivity index (χ0) is 25.4. The number of fused-ring (bicyclic) bond motifs is 1. The number of nitrogens with zero attached hydrogens (tertiary/aromatic N) is 2. The van der Waals surface area contributed by atoms with Gasteiger partial charge in [0.05, 0.1) is 5.69 Å². The number of rotatable bonds is 5. The van der Waals surface area contributed by atoms with Gasteiger partial charge < -0.3 is 4.57 Å². The topological polar surface area (TPSA) is 54.3 Å². The smallest absolute Gasteiger partial charge is 0.270 e. The Kier molecular flexibility index (Phi) is 6.29. The molecule has 0 saturated carbocycles. The van der Waals surface area contributed by atoms with Crippen LogP contribution in [-0.2, 0) is 16.1 Å². The third-order valence-corrected chi connectivity index (χ3v) is 6.80. The van der Waals surface area contributed by atoms with Gasteiger partial charge in [-0.3, -0.25) is 19.8 Å². The summed E-state index contributed by atoms with van der Waals surface area (Å²) in [6, 6.07) is 24.1. The molecule has 180 valence electrons. The summed E-state index contributed by atoms with van der Waals surface area (Å²) in [4.78, 5) is 27.8. The average molecular weight is 494 g/mol. The van der Waals surface area contributed by atoms with Gasteiger partial charge in [-0.1, -0.05) is 74.0 Å². The van der Waals surface area contributed by atoms with Crippen LogP contribution in [0.15, 0.2) is 84.6 Å². The first kappa shape index (κ1) is 23.7. The van der Waals surface area contributed by atoms with E-state index in [1.807, 2.05) is 54.7 Å². The summed E-state index contributed by atoms with van der Waals surface area (Å²) in [6.45, 7) is 6.98. The summed E-state index contributed by atoms with van der Waals surface area (Å²) in [5.41, 5.74) is 6.06. The van der Waals surface area contributed by atoms with Gasteiger partial charge in [-0.15, -0.1) is 0 Å². The van der Waals surface area contributed by atoms with E-state index < -0.39 is 11.8 Å². The highest BCUT2D eigenvalue weighted by atomic mass is 32.1. The summed E-state index contributed by atoms with van der Waals surface area (Å²) >= 11 is 5.37. The van der Waals surface area contributed by atoms with Crippen LogP contribution in [0.3, 0.4) is 0 Å². The Labute approximate surface area is 216 Å². The normalized spacial score (nSPS) is 15.3. The molecule has 1 aliphatic rings. The van der Waals surface area contributed by atoms with Crippen molar-refractivity contribution in [3.63, 3.8) is 0 Å². The standard InChI is InChI=1S/C30H27N3O2S/c1-19(2)22-12-14-24(15-13-22)33-29(35)26(28(34)31-30(33)36)16-23-18-32(27-7-5-4-6-25(23)27)17-21-10-8-20(3)9-11-21/h4-16,18-19H,17H2,1-3H3,(H,31,34,36)/b26-16+. The molecule has 1 saturated heterocycles. The van der Waals surface area contributed by atoms with E-state index in [-0.39, 0.29) is 10.7 Å². The minimum absolute atomic E-state index is 0.0507. The molecular weight excluding hydrogens is 466 g/mol. The first-order valence-electron chi connectivity index (χ1n) is 12.0. The molecule has 1 N–H and O–H groups in total. The number of carbonyl (C=O) groups excluding carboxylic acids is 2. The third-order valence-electron chi connectivity index (χ3n) is 6.51. The first-order valence-corrected chi connectivity index (χ1v) is 12.4. The van der Waals surface area contributed by atoms with E-state index >= 15 is 0 Å². The minimum atomic E-state index is -0.490. The van der Waals surface area contributed by atoms with E-state index in [9.17, 15) is 9.59 Å². The van der Waals surface area contributed by atoms with Gasteiger partial charge in [0.1, 0.15) is 5.57 Å². The average Bonchev–Trinajstić information content (AvgIpc) is 3.20. The lowest BCUT2D eigenvalue weighted by molar-refractivity contribution is -0.122. The van der Waals surface area contributed by atoms with E-state index in [0.29, 0.717) is 18.2 Å². The number of anilines is 1. The minimum Gasteiger partial charge on any atom is -0.342 e. The Morgan fingerprint density at radius 1 is 0.944 bits per heavy atom. The largest absolute Gasteiger partial charge is 0.342 e. The molecule has 0 radical (unpaired) electrons. The quantitative estimate of drug-likeness (QED) is 0.212. The van der Waals surface area contributed by atoms with E-state index in [4.69, 9.17) is 12.2 Å². The van der Waals surface area contributed by atoms with Gasteiger partial charge in [-0.2, -0.15) is 0 Å². The Hall–Kier alpha value is -4.03. The number of hydrogen-bond acceptors (Lipinski definition) is 3. The molecule has 1 aliphatic heterocycles. The van der Waals surface area contributed by atoms with Crippen molar-refractivity contribution < 1.29 is 9.59 Å². The van der Waals surface area contributed by atoms with Crippen molar-refractivity contribution in [2.24, 2.45) is 0 Å². The lowest BCUT2D eigenvalue weighted by atomic mass is 10.0. The van der Waals surface area contributed by atoms with Crippen LogP contribution in [-0.4, -0.2) is 21.5 Å². The van der Waals surface area contributed by atoms with Crippen molar-refractivity contribution in [3.8, 4) is 0 Å². The van der Waals surface area contributed by atoms with Crippen LogP contribution in [0, 0.1) is 6.92 Å². The molecule has 5 rings (SSSR count). The van der Waals surface area contributed by atoms with Crippen LogP contribution < -0.4 is 10.2 Å². The number of carbonyl (C=O) groups is 2. The summed E-state index contributed by atoms with van der Waals surface area (Å²) < 4.78 is 2.14. The number of benzene rings is 3. The molecule has 3 aromatic carbocycles. The zero-order valence-electron chi connectivity index (χ0n) is 20.5. The van der Waals surface area contributed by atoms with Crippen molar-refractivity contribution in [1.29, 1.82) is 0 Å². The fourth-order valence-electron chi connectivity index (χ4n) is 4.47. The maximum atomic E-state index is 13.5. The predicted octanol–water partition coefficient (Wildman–Crippen LogP) is 5.95. The number of aryl methyl sites for hydroxylation is 1. The Balaban J connectivity index is 1.53. The molecule has 1 aromatic heterocycles. The van der Waals surface area contributed by atoms with E-state index in [1.54, 1.807) is 6.08 Å². The number of nitrogens with one attached hydrogen (secondary N) is 1. The van der Waals surface area contributed by atoms with Crippen LogP contribution >= 0.6 is 12.2 Å². The zero-order valence-corrected chi connectivity index (χ0v) is 21.3. The van der Waals surface area contributed by atoms with Crippen LogP contribution in [0.1, 0.15) is 42.0 Å². The van der Waals surface area contributed by atoms with Gasteiger partial charge in [-0.05, 0) is 60.5 Å². The molecule has 0 unspecified atom stereocenters. The van der Waals surface area contributed by atoms with Crippen LogP contribution in [0.2, 0.25) is 0 Å². The van der Waals surface area contributed by atoms with E-state index in [1.165, 1.54) is 16.0 Å². The molecule has 5 nitrogen and oxygen atoms in total. The van der Waals surface area contributed by atoms with Gasteiger partial charge in [0.25, 0.3) is 11.8 Å². The second kappa shape index (κ2) is 9.55. The fraction of sp³-hybridized carbons (Fsp3) is 0.167.